The van der Waals surface area contributed by atoms with Crippen molar-refractivity contribution < 1.29 is 13.2 Å². The number of hydrogen-bond donors (Lipinski definition) is 2. The van der Waals surface area contributed by atoms with Crippen molar-refractivity contribution in [3.8, 4) is 0 Å². The number of anilines is 1. The van der Waals surface area contributed by atoms with Crippen molar-refractivity contribution >= 4 is 15.7 Å². The highest BCUT2D eigenvalue weighted by atomic mass is 32.2. The average molecular weight is 230 g/mol. The summed E-state index contributed by atoms with van der Waals surface area (Å²) in [6.07, 6.45) is 0. The van der Waals surface area contributed by atoms with Gasteiger partial charge in [0.15, 0.2) is 0 Å². The van der Waals surface area contributed by atoms with Crippen LogP contribution in [0.4, 0.5) is 5.69 Å². The van der Waals surface area contributed by atoms with Crippen LogP contribution >= 0.6 is 0 Å². The fourth-order valence-electron chi connectivity index (χ4n) is 1.08. The second kappa shape index (κ2) is 5.11. The van der Waals surface area contributed by atoms with Crippen molar-refractivity contribution in [2.45, 2.75) is 4.90 Å². The molecule has 0 aliphatic carbocycles. The summed E-state index contributed by atoms with van der Waals surface area (Å²) in [4.78, 5) is 0.0982. The normalized spacial score (nSPS) is 11.5. The first kappa shape index (κ1) is 12.0. The molecule has 0 aromatic heterocycles. The number of sulfonamides is 1. The third kappa shape index (κ3) is 3.19. The van der Waals surface area contributed by atoms with Crippen molar-refractivity contribution in [3.05, 3.63) is 24.3 Å². The van der Waals surface area contributed by atoms with Crippen LogP contribution in [0.5, 0.6) is 0 Å². The number of ether oxygens (including phenoxy) is 1. The third-order valence-electron chi connectivity index (χ3n) is 1.81. The summed E-state index contributed by atoms with van der Waals surface area (Å²) in [5, 5.41) is 0. The standard InChI is InChI=1S/C9H14N2O3S/c1-14-7-6-11-15(12,13)9-5-3-2-4-8(9)10/h2-5,11H,6-7,10H2,1H3. The zero-order chi connectivity index (χ0) is 11.3. The molecule has 0 aliphatic rings. The quantitative estimate of drug-likeness (QED) is 0.559. The molecular weight excluding hydrogens is 216 g/mol. The number of nitrogens with one attached hydrogen (secondary N) is 1. The Labute approximate surface area is 89.3 Å². The van der Waals surface area contributed by atoms with Crippen LogP contribution in [0.2, 0.25) is 0 Å². The smallest absolute Gasteiger partial charge is 0.242 e. The first-order chi connectivity index (χ1) is 7.08. The molecule has 0 radical (unpaired) electrons. The first-order valence-electron chi connectivity index (χ1n) is 4.41. The van der Waals surface area contributed by atoms with E-state index in [1.807, 2.05) is 0 Å². The molecule has 0 fully saturated rings. The molecule has 0 saturated heterocycles. The van der Waals surface area contributed by atoms with Crippen LogP contribution in [-0.4, -0.2) is 28.7 Å². The molecule has 0 bridgehead atoms. The topological polar surface area (TPSA) is 81.4 Å². The number of methoxy groups -OCH3 is 1. The molecule has 15 heavy (non-hydrogen) atoms. The van der Waals surface area contributed by atoms with Gasteiger partial charge in [-0.25, -0.2) is 13.1 Å². The minimum absolute atomic E-state index is 0.0982. The molecule has 0 heterocycles. The summed E-state index contributed by atoms with van der Waals surface area (Å²) in [5.74, 6) is 0. The molecule has 0 atom stereocenters. The molecule has 0 spiro atoms. The molecular formula is C9H14N2O3S. The average Bonchev–Trinajstić information content (AvgIpc) is 2.18. The molecule has 5 nitrogen and oxygen atoms in total. The molecule has 3 N–H and O–H groups in total. The SMILES string of the molecule is COCCNS(=O)(=O)c1ccccc1N. The summed E-state index contributed by atoms with van der Waals surface area (Å²) in [6.45, 7) is 0.555. The summed E-state index contributed by atoms with van der Waals surface area (Å²) in [6, 6.07) is 6.32. The molecule has 1 aromatic rings. The zero-order valence-electron chi connectivity index (χ0n) is 8.43. The van der Waals surface area contributed by atoms with E-state index in [0.29, 0.717) is 6.61 Å². The van der Waals surface area contributed by atoms with Gasteiger partial charge < -0.3 is 10.5 Å². The number of para-hydroxylation sites is 1. The number of nitrogen functional groups attached to an aromatic ring is 1. The minimum Gasteiger partial charge on any atom is -0.398 e. The van der Waals surface area contributed by atoms with Crippen LogP contribution in [0.25, 0.3) is 0 Å². The highest BCUT2D eigenvalue weighted by Gasteiger charge is 2.15. The van der Waals surface area contributed by atoms with Crippen molar-refractivity contribution in [2.24, 2.45) is 0 Å². The monoisotopic (exact) mass is 230 g/mol. The van der Waals surface area contributed by atoms with Crippen LogP contribution in [0.1, 0.15) is 0 Å². The maximum Gasteiger partial charge on any atom is 0.242 e. The Hall–Kier alpha value is -1.11. The van der Waals surface area contributed by atoms with Crippen LogP contribution < -0.4 is 10.5 Å². The Morgan fingerprint density at radius 1 is 1.40 bits per heavy atom. The number of hydrogen-bond acceptors (Lipinski definition) is 4. The van der Waals surface area contributed by atoms with Crippen molar-refractivity contribution in [1.82, 2.24) is 4.72 Å². The second-order valence-electron chi connectivity index (χ2n) is 2.93. The summed E-state index contributed by atoms with van der Waals surface area (Å²) >= 11 is 0. The van der Waals surface area contributed by atoms with Gasteiger partial charge >= 0.3 is 0 Å². The number of benzene rings is 1. The summed E-state index contributed by atoms with van der Waals surface area (Å²) < 4.78 is 30.5. The van der Waals surface area contributed by atoms with Gasteiger partial charge in [-0.3, -0.25) is 0 Å². The van der Waals surface area contributed by atoms with Gasteiger partial charge in [0.1, 0.15) is 4.90 Å². The van der Waals surface area contributed by atoms with Crippen LogP contribution in [0, 0.1) is 0 Å². The minimum atomic E-state index is -3.52. The predicted octanol–water partition coefficient (Wildman–Crippen LogP) is 0.193. The van der Waals surface area contributed by atoms with Gasteiger partial charge in [-0.05, 0) is 12.1 Å². The Bertz CT molecular complexity index is 417. The van der Waals surface area contributed by atoms with Gasteiger partial charge in [-0.2, -0.15) is 0 Å². The molecule has 1 rings (SSSR count). The fourth-order valence-corrected chi connectivity index (χ4v) is 2.22. The van der Waals surface area contributed by atoms with Gasteiger partial charge in [-0.1, -0.05) is 12.1 Å². The Morgan fingerprint density at radius 3 is 2.67 bits per heavy atom. The maximum atomic E-state index is 11.7. The zero-order valence-corrected chi connectivity index (χ0v) is 9.25. The lowest BCUT2D eigenvalue weighted by Crippen LogP contribution is -2.27. The van der Waals surface area contributed by atoms with Gasteiger partial charge in [0, 0.05) is 13.7 Å². The largest absolute Gasteiger partial charge is 0.398 e. The van der Waals surface area contributed by atoms with E-state index in [-0.39, 0.29) is 17.1 Å². The fraction of sp³-hybridized carbons (Fsp3) is 0.333. The molecule has 84 valence electrons. The van der Waals surface area contributed by atoms with E-state index in [1.54, 1.807) is 18.2 Å². The Kier molecular flexibility index (Phi) is 4.07. The number of nitrogens with two attached hydrogens (primary N) is 1. The van der Waals surface area contributed by atoms with Crippen LogP contribution in [0.15, 0.2) is 29.2 Å². The van der Waals surface area contributed by atoms with Gasteiger partial charge in [0.25, 0.3) is 0 Å². The van der Waals surface area contributed by atoms with Crippen molar-refractivity contribution in [2.75, 3.05) is 26.0 Å². The first-order valence-corrected chi connectivity index (χ1v) is 5.89. The van der Waals surface area contributed by atoms with Crippen molar-refractivity contribution in [3.63, 3.8) is 0 Å². The van der Waals surface area contributed by atoms with Crippen LogP contribution in [0.3, 0.4) is 0 Å². The van der Waals surface area contributed by atoms with E-state index in [1.165, 1.54) is 13.2 Å². The lowest BCUT2D eigenvalue weighted by atomic mass is 10.3. The predicted molar refractivity (Wildman–Crippen MR) is 57.9 cm³/mol. The van der Waals surface area contributed by atoms with Gasteiger partial charge in [0.2, 0.25) is 10.0 Å². The highest BCUT2D eigenvalue weighted by molar-refractivity contribution is 7.89. The summed E-state index contributed by atoms with van der Waals surface area (Å²) in [7, 11) is -2.01. The maximum absolute atomic E-state index is 11.7. The van der Waals surface area contributed by atoms with Crippen LogP contribution in [-0.2, 0) is 14.8 Å². The molecule has 1 aromatic carbocycles. The van der Waals surface area contributed by atoms with E-state index in [0.717, 1.165) is 0 Å². The molecule has 0 amide bonds. The Morgan fingerprint density at radius 2 is 2.07 bits per heavy atom. The van der Waals surface area contributed by atoms with Gasteiger partial charge in [-0.15, -0.1) is 0 Å². The number of rotatable bonds is 5. The lowest BCUT2D eigenvalue weighted by Gasteiger charge is -2.07. The van der Waals surface area contributed by atoms with E-state index < -0.39 is 10.0 Å². The second-order valence-corrected chi connectivity index (χ2v) is 4.66. The van der Waals surface area contributed by atoms with E-state index in [9.17, 15) is 8.42 Å². The third-order valence-corrected chi connectivity index (χ3v) is 3.34. The van der Waals surface area contributed by atoms with Gasteiger partial charge in [0.05, 0.1) is 12.3 Å². The van der Waals surface area contributed by atoms with Crippen molar-refractivity contribution in [1.29, 1.82) is 0 Å². The highest BCUT2D eigenvalue weighted by Crippen LogP contribution is 2.16. The van der Waals surface area contributed by atoms with E-state index in [4.69, 9.17) is 10.5 Å². The molecule has 0 aliphatic heterocycles. The summed E-state index contributed by atoms with van der Waals surface area (Å²) in [5.41, 5.74) is 5.80. The molecule has 0 saturated carbocycles. The lowest BCUT2D eigenvalue weighted by molar-refractivity contribution is 0.204. The van der Waals surface area contributed by atoms with E-state index in [2.05, 4.69) is 4.72 Å². The molecule has 6 heteroatoms. The van der Waals surface area contributed by atoms with E-state index >= 15 is 0 Å². The molecule has 0 unspecified atom stereocenters. The Balaban J connectivity index is 2.83.